The summed E-state index contributed by atoms with van der Waals surface area (Å²) in [6, 6.07) is 9.03. The summed E-state index contributed by atoms with van der Waals surface area (Å²) in [6.07, 6.45) is -2.81. The van der Waals surface area contributed by atoms with Crippen molar-refractivity contribution in [2.75, 3.05) is 26.2 Å². The summed E-state index contributed by atoms with van der Waals surface area (Å²) < 4.78 is 65.3. The van der Waals surface area contributed by atoms with Gasteiger partial charge in [0.2, 0.25) is 10.0 Å². The van der Waals surface area contributed by atoms with Crippen molar-refractivity contribution in [1.82, 2.24) is 19.2 Å². The molecule has 1 aliphatic heterocycles. The minimum Gasteiger partial charge on any atom is -0.292 e. The minimum atomic E-state index is -4.51. The van der Waals surface area contributed by atoms with Crippen LogP contribution < -0.4 is 0 Å². The van der Waals surface area contributed by atoms with E-state index in [0.717, 1.165) is 46.6 Å². The normalized spacial score (nSPS) is 17.5. The Morgan fingerprint density at radius 1 is 1.00 bits per heavy atom. The summed E-state index contributed by atoms with van der Waals surface area (Å²) in [5, 5.41) is 0.968. The van der Waals surface area contributed by atoms with Crippen molar-refractivity contribution >= 4 is 20.9 Å². The first-order valence-corrected chi connectivity index (χ1v) is 11.5. The molecule has 1 fully saturated rings. The van der Waals surface area contributed by atoms with Gasteiger partial charge in [0, 0.05) is 43.5 Å². The number of rotatable bonds is 4. The number of sulfonamides is 1. The van der Waals surface area contributed by atoms with E-state index in [1.165, 1.54) is 4.31 Å². The van der Waals surface area contributed by atoms with E-state index >= 15 is 0 Å². The lowest BCUT2D eigenvalue weighted by Gasteiger charge is -2.37. The van der Waals surface area contributed by atoms with E-state index < -0.39 is 21.8 Å². The van der Waals surface area contributed by atoms with Gasteiger partial charge in [-0.1, -0.05) is 0 Å². The summed E-state index contributed by atoms with van der Waals surface area (Å²) >= 11 is 0. The van der Waals surface area contributed by atoms with Crippen LogP contribution in [0, 0.1) is 13.8 Å². The second kappa shape index (κ2) is 8.42. The second-order valence-electron chi connectivity index (χ2n) is 7.68. The number of aromatic nitrogens is 2. The topological polar surface area (TPSA) is 66.4 Å². The number of pyridine rings is 2. The predicted molar refractivity (Wildman–Crippen MR) is 114 cm³/mol. The number of alkyl halides is 3. The molecule has 0 N–H and O–H groups in total. The van der Waals surface area contributed by atoms with Crippen molar-refractivity contribution in [2.45, 2.75) is 24.0 Å². The first kappa shape index (κ1) is 22.6. The fourth-order valence-corrected chi connectivity index (χ4v) is 5.23. The third-order valence-electron chi connectivity index (χ3n) is 5.71. The Morgan fingerprint density at radius 2 is 1.66 bits per heavy atom. The van der Waals surface area contributed by atoms with Gasteiger partial charge < -0.3 is 0 Å². The lowest BCUT2D eigenvalue weighted by Crippen LogP contribution is -2.49. The number of nitrogens with zero attached hydrogens (tertiary/aromatic N) is 4. The molecule has 4 rings (SSSR count). The van der Waals surface area contributed by atoms with E-state index in [2.05, 4.69) is 16.9 Å². The van der Waals surface area contributed by atoms with Crippen molar-refractivity contribution in [2.24, 2.45) is 0 Å². The Kier molecular flexibility index (Phi) is 5.95. The summed E-state index contributed by atoms with van der Waals surface area (Å²) in [5.41, 5.74) is 1.62. The van der Waals surface area contributed by atoms with Crippen LogP contribution in [-0.4, -0.2) is 53.8 Å². The highest BCUT2D eigenvalue weighted by molar-refractivity contribution is 7.89. The smallest absolute Gasteiger partial charge is 0.292 e. The molecule has 1 saturated heterocycles. The molecule has 0 bridgehead atoms. The fourth-order valence-electron chi connectivity index (χ4n) is 3.81. The van der Waals surface area contributed by atoms with Crippen LogP contribution in [0.2, 0.25) is 0 Å². The molecule has 1 aliphatic rings. The maximum absolute atomic E-state index is 12.9. The monoisotopic (exact) mass is 463 g/mol. The number of hydrogen-bond donors (Lipinski definition) is 0. The molecular weight excluding hydrogens is 441 g/mol. The second-order valence-corrected chi connectivity index (χ2v) is 9.62. The maximum atomic E-state index is 12.9. The molecule has 0 amide bonds. The van der Waals surface area contributed by atoms with Crippen LogP contribution >= 0.6 is 0 Å². The van der Waals surface area contributed by atoms with E-state index in [1.807, 2.05) is 30.0 Å². The average molecular weight is 464 g/mol. The highest BCUT2D eigenvalue weighted by Gasteiger charge is 2.33. The van der Waals surface area contributed by atoms with E-state index in [4.69, 9.17) is 0 Å². The number of fused-ring (bicyclic) bond motifs is 1. The van der Waals surface area contributed by atoms with E-state index in [0.29, 0.717) is 13.1 Å². The van der Waals surface area contributed by atoms with Gasteiger partial charge in [0.25, 0.3) is 0 Å². The number of hydrogen-bond acceptors (Lipinski definition) is 5. The van der Waals surface area contributed by atoms with Crippen molar-refractivity contribution < 1.29 is 21.6 Å². The van der Waals surface area contributed by atoms with Crippen LogP contribution in [0.25, 0.3) is 10.9 Å². The Balaban J connectivity index is 1.45. The van der Waals surface area contributed by atoms with Gasteiger partial charge in [-0.3, -0.25) is 14.9 Å². The van der Waals surface area contributed by atoms with Crippen molar-refractivity contribution in [3.05, 3.63) is 72.5 Å². The number of benzene rings is 1. The van der Waals surface area contributed by atoms with Gasteiger partial charge in [-0.25, -0.2) is 8.42 Å². The van der Waals surface area contributed by atoms with Crippen LogP contribution in [-0.2, 0) is 16.2 Å². The van der Waals surface area contributed by atoms with Crippen LogP contribution in [0.15, 0.2) is 53.6 Å². The first-order valence-electron chi connectivity index (χ1n) is 10.0. The molecule has 1 unspecified atom stereocenters. The molecule has 3 aromatic rings. The zero-order valence-electron chi connectivity index (χ0n) is 17.4. The fraction of sp³-hybridized carbons (Fsp3) is 0.318. The van der Waals surface area contributed by atoms with Gasteiger partial charge in [-0.05, 0) is 56.3 Å². The molecule has 169 valence electrons. The predicted octanol–water partition coefficient (Wildman–Crippen LogP) is 3.84. The SMILES string of the molecule is [CH2]C(c1ccc2c(C)nccc2n1)N1CCN(S(=O)(=O)c2ccc(C(F)(F)F)cc2)CC1. The van der Waals surface area contributed by atoms with E-state index in [9.17, 15) is 21.6 Å². The molecule has 2 aromatic heterocycles. The summed E-state index contributed by atoms with van der Waals surface area (Å²) in [4.78, 5) is 10.8. The molecule has 6 nitrogen and oxygen atoms in total. The zero-order valence-corrected chi connectivity index (χ0v) is 18.2. The van der Waals surface area contributed by atoms with Gasteiger partial charge in [0.15, 0.2) is 0 Å². The molecular formula is C22H22F3N4O2S. The molecule has 1 atom stereocenters. The van der Waals surface area contributed by atoms with Crippen LogP contribution in [0.4, 0.5) is 13.2 Å². The summed E-state index contributed by atoms with van der Waals surface area (Å²) in [6.45, 7) is 7.43. The molecule has 0 spiro atoms. The molecule has 0 saturated carbocycles. The molecule has 10 heteroatoms. The Labute approximate surface area is 184 Å². The van der Waals surface area contributed by atoms with E-state index in [-0.39, 0.29) is 24.0 Å². The Hall–Kier alpha value is -2.56. The highest BCUT2D eigenvalue weighted by Crippen LogP contribution is 2.31. The molecule has 32 heavy (non-hydrogen) atoms. The molecule has 3 heterocycles. The van der Waals surface area contributed by atoms with Crippen molar-refractivity contribution in [3.8, 4) is 0 Å². The number of halogens is 3. The Morgan fingerprint density at radius 3 is 2.28 bits per heavy atom. The lowest BCUT2D eigenvalue weighted by molar-refractivity contribution is -0.137. The van der Waals surface area contributed by atoms with Crippen molar-refractivity contribution in [1.29, 1.82) is 0 Å². The number of piperazine rings is 1. The third-order valence-corrected chi connectivity index (χ3v) is 7.62. The highest BCUT2D eigenvalue weighted by atomic mass is 32.2. The van der Waals surface area contributed by atoms with Gasteiger partial charge in [0.05, 0.1) is 27.7 Å². The zero-order chi connectivity index (χ0) is 23.1. The maximum Gasteiger partial charge on any atom is 0.416 e. The van der Waals surface area contributed by atoms with E-state index in [1.54, 1.807) is 6.20 Å². The Bertz CT molecular complexity index is 1220. The van der Waals surface area contributed by atoms with Gasteiger partial charge in [-0.15, -0.1) is 0 Å². The standard InChI is InChI=1S/C22H22F3N4O2S/c1-15-19-7-8-20(27-21(19)9-10-26-15)16(2)28-11-13-29(14-12-28)32(30,31)18-5-3-17(4-6-18)22(23,24)25/h3-10,16H,2,11-14H2,1H3. The first-order chi connectivity index (χ1) is 15.1. The van der Waals surface area contributed by atoms with Crippen molar-refractivity contribution in [3.63, 3.8) is 0 Å². The lowest BCUT2D eigenvalue weighted by atomic mass is 10.1. The minimum absolute atomic E-state index is 0.148. The third kappa shape index (κ3) is 4.35. The average Bonchev–Trinajstić information content (AvgIpc) is 2.78. The number of aryl methyl sites for hydroxylation is 1. The quantitative estimate of drug-likeness (QED) is 0.588. The largest absolute Gasteiger partial charge is 0.416 e. The van der Waals surface area contributed by atoms with Gasteiger partial charge >= 0.3 is 6.18 Å². The molecule has 0 aliphatic carbocycles. The van der Waals surface area contributed by atoms with Crippen LogP contribution in [0.3, 0.4) is 0 Å². The molecule has 1 aromatic carbocycles. The van der Waals surface area contributed by atoms with Gasteiger partial charge in [0.1, 0.15) is 0 Å². The summed E-state index contributed by atoms with van der Waals surface area (Å²) in [7, 11) is -3.88. The summed E-state index contributed by atoms with van der Waals surface area (Å²) in [5.74, 6) is 0. The van der Waals surface area contributed by atoms with Crippen LogP contribution in [0.1, 0.15) is 23.0 Å². The molecule has 1 radical (unpaired) electrons. The van der Waals surface area contributed by atoms with Gasteiger partial charge in [-0.2, -0.15) is 17.5 Å². The van der Waals surface area contributed by atoms with Crippen LogP contribution in [0.5, 0.6) is 0 Å².